The number of hydrogen-bond donors (Lipinski definition) is 0. The first-order valence-corrected chi connectivity index (χ1v) is 22.6. The van der Waals surface area contributed by atoms with Gasteiger partial charge in [-0.3, -0.25) is 0 Å². The Bertz CT molecular complexity index is 1950. The normalized spacial score (nSPS) is 22.3. The van der Waals surface area contributed by atoms with Crippen LogP contribution in [0.15, 0.2) is 60.2 Å². The Balaban J connectivity index is 1.40. The fourth-order valence-electron chi connectivity index (χ4n) is 8.92. The van der Waals surface area contributed by atoms with E-state index in [1.807, 2.05) is 0 Å². The van der Waals surface area contributed by atoms with Crippen LogP contribution >= 0.6 is 0 Å². The van der Waals surface area contributed by atoms with Crippen molar-refractivity contribution in [3.8, 4) is 34.1 Å². The van der Waals surface area contributed by atoms with Gasteiger partial charge in [0, 0.05) is 5.82 Å². The third kappa shape index (κ3) is 8.00. The molecule has 8 rings (SSSR count). The van der Waals surface area contributed by atoms with E-state index in [4.69, 9.17) is 37.6 Å². The Morgan fingerprint density at radius 2 is 1.02 bits per heavy atom. The molecule has 3 aliphatic carbocycles. The van der Waals surface area contributed by atoms with Crippen LogP contribution in [0.1, 0.15) is 110 Å². The predicted molar refractivity (Wildman–Crippen MR) is 237 cm³/mol. The summed E-state index contributed by atoms with van der Waals surface area (Å²) in [6.07, 6.45) is 9.49. The SMILES string of the molecule is CCC(C)COc1cc2c(cc1OCC(C)CC)C1(C3=C(C=CC(B4OCCO4)C3)c3ccc(B4OCCO4)cc31)c1cc(OCC(C)CC)c(OCC(C)CC)cc1-2. The van der Waals surface area contributed by atoms with Gasteiger partial charge >= 0.3 is 14.2 Å². The Morgan fingerprint density at radius 3 is 1.49 bits per heavy atom. The van der Waals surface area contributed by atoms with E-state index in [-0.39, 0.29) is 12.9 Å². The van der Waals surface area contributed by atoms with Crippen LogP contribution in [0.25, 0.3) is 16.7 Å². The summed E-state index contributed by atoms with van der Waals surface area (Å²) < 4.78 is 51.9. The Labute approximate surface area is 353 Å². The van der Waals surface area contributed by atoms with E-state index in [1.165, 1.54) is 33.4 Å². The summed E-state index contributed by atoms with van der Waals surface area (Å²) in [5.74, 6) is 4.73. The van der Waals surface area contributed by atoms with E-state index in [9.17, 15) is 0 Å². The van der Waals surface area contributed by atoms with Crippen LogP contribution in [0, 0.1) is 23.7 Å². The number of hydrogen-bond acceptors (Lipinski definition) is 8. The van der Waals surface area contributed by atoms with Gasteiger partial charge in [-0.1, -0.05) is 111 Å². The largest absolute Gasteiger partial charge is 0.494 e. The summed E-state index contributed by atoms with van der Waals surface area (Å²) in [4.78, 5) is 0. The van der Waals surface area contributed by atoms with Gasteiger partial charge in [-0.15, -0.1) is 0 Å². The van der Waals surface area contributed by atoms with Crippen molar-refractivity contribution in [3.63, 3.8) is 0 Å². The number of fused-ring (bicyclic) bond motifs is 9. The molecule has 8 nitrogen and oxygen atoms in total. The van der Waals surface area contributed by atoms with Gasteiger partial charge < -0.3 is 37.6 Å². The molecule has 2 aliphatic heterocycles. The molecule has 2 saturated heterocycles. The summed E-state index contributed by atoms with van der Waals surface area (Å²) in [6.45, 7) is 22.6. The first-order chi connectivity index (χ1) is 28.7. The highest BCUT2D eigenvalue weighted by Gasteiger charge is 2.56. The second kappa shape index (κ2) is 18.1. The molecule has 59 heavy (non-hydrogen) atoms. The molecule has 5 unspecified atom stereocenters. The van der Waals surface area contributed by atoms with Gasteiger partial charge in [0.05, 0.1) is 58.3 Å². The number of rotatable bonds is 18. The van der Waals surface area contributed by atoms with Crippen LogP contribution in [-0.4, -0.2) is 67.1 Å². The molecule has 2 heterocycles. The zero-order valence-corrected chi connectivity index (χ0v) is 36.7. The van der Waals surface area contributed by atoms with Gasteiger partial charge in [-0.2, -0.15) is 0 Å². The zero-order valence-electron chi connectivity index (χ0n) is 36.7. The van der Waals surface area contributed by atoms with Gasteiger partial charge in [0.25, 0.3) is 0 Å². The Hall–Kier alpha value is -3.69. The molecular weight excluding hydrogens is 738 g/mol. The summed E-state index contributed by atoms with van der Waals surface area (Å²) in [5.41, 5.74) is 9.90. The van der Waals surface area contributed by atoms with Crippen molar-refractivity contribution in [2.24, 2.45) is 23.7 Å². The van der Waals surface area contributed by atoms with Crippen molar-refractivity contribution in [2.75, 3.05) is 52.9 Å². The fourth-order valence-corrected chi connectivity index (χ4v) is 8.92. The molecule has 5 atom stereocenters. The van der Waals surface area contributed by atoms with E-state index >= 15 is 0 Å². The minimum atomic E-state index is -0.695. The van der Waals surface area contributed by atoms with Gasteiger partial charge in [-0.25, -0.2) is 0 Å². The van der Waals surface area contributed by atoms with Crippen LogP contribution in [0.2, 0.25) is 5.82 Å². The maximum atomic E-state index is 6.83. The molecule has 3 aromatic carbocycles. The smallest absolute Gasteiger partial charge is 0.489 e. The molecule has 0 N–H and O–H groups in total. The van der Waals surface area contributed by atoms with Crippen LogP contribution in [0.5, 0.6) is 23.0 Å². The Kier molecular flexibility index (Phi) is 12.9. The second-order valence-electron chi connectivity index (χ2n) is 17.8. The van der Waals surface area contributed by atoms with Crippen LogP contribution < -0.4 is 24.4 Å². The number of benzene rings is 3. The van der Waals surface area contributed by atoms with E-state index < -0.39 is 12.5 Å². The van der Waals surface area contributed by atoms with Gasteiger partial charge in [0.15, 0.2) is 23.0 Å². The predicted octanol–water partition coefficient (Wildman–Crippen LogP) is 10.1. The molecule has 0 bridgehead atoms. The van der Waals surface area contributed by atoms with Crippen molar-refractivity contribution in [2.45, 2.75) is 98.7 Å². The molecule has 10 heteroatoms. The zero-order chi connectivity index (χ0) is 41.3. The van der Waals surface area contributed by atoms with Crippen molar-refractivity contribution in [3.05, 3.63) is 82.4 Å². The average Bonchev–Trinajstić information content (AvgIpc) is 4.10. The van der Waals surface area contributed by atoms with E-state index in [0.717, 1.165) is 71.7 Å². The summed E-state index contributed by atoms with van der Waals surface area (Å²) >= 11 is 0. The molecular formula is C49H64B2O8. The number of allylic oxidation sites excluding steroid dienone is 4. The summed E-state index contributed by atoms with van der Waals surface area (Å²) in [5, 5.41) is 0. The highest BCUT2D eigenvalue weighted by Crippen LogP contribution is 2.66. The van der Waals surface area contributed by atoms with Crippen LogP contribution in [0.4, 0.5) is 0 Å². The first-order valence-electron chi connectivity index (χ1n) is 22.6. The monoisotopic (exact) mass is 802 g/mol. The van der Waals surface area contributed by atoms with Crippen molar-refractivity contribution in [1.29, 1.82) is 0 Å². The van der Waals surface area contributed by atoms with Gasteiger partial charge in [0.2, 0.25) is 0 Å². The standard InChI is InChI=1S/C49H64B2O8/c1-9-31(5)27-52-45-23-39-40-24-46(53-28-32(6)10-2)48(55-30-34(8)12-4)26-44(40)49(43(39)25-47(45)54-29-33(7)11-3)41-21-35(50-56-17-18-57-50)13-15-37(41)38-16-14-36(22-42(38)49)51-58-19-20-59-51/h13-16,21,23-26,31-34,36H,9-12,17-20,22,27-30H2,1-8H3. The molecule has 2 fully saturated rings. The molecule has 0 amide bonds. The van der Waals surface area contributed by atoms with Gasteiger partial charge in [0.1, 0.15) is 0 Å². The maximum absolute atomic E-state index is 6.83. The molecule has 0 aromatic heterocycles. The highest BCUT2D eigenvalue weighted by molar-refractivity contribution is 6.61. The van der Waals surface area contributed by atoms with Crippen LogP contribution in [-0.2, 0) is 24.0 Å². The fraction of sp³-hybridized carbons (Fsp3) is 0.551. The summed E-state index contributed by atoms with van der Waals surface area (Å²) in [6, 6.07) is 15.9. The highest BCUT2D eigenvalue weighted by atomic mass is 16.6. The third-order valence-electron chi connectivity index (χ3n) is 13.5. The van der Waals surface area contributed by atoms with Crippen molar-refractivity contribution < 1.29 is 37.6 Å². The minimum Gasteiger partial charge on any atom is -0.489 e. The maximum Gasteiger partial charge on any atom is 0.494 e. The van der Waals surface area contributed by atoms with E-state index in [2.05, 4.69) is 110 Å². The lowest BCUT2D eigenvalue weighted by Crippen LogP contribution is -2.35. The molecule has 5 aliphatic rings. The minimum absolute atomic E-state index is 0.0504. The molecule has 1 spiro atoms. The molecule has 0 radical (unpaired) electrons. The topological polar surface area (TPSA) is 73.8 Å². The van der Waals surface area contributed by atoms with Gasteiger partial charge in [-0.05, 0) is 104 Å². The quantitative estimate of drug-likeness (QED) is 0.118. The van der Waals surface area contributed by atoms with E-state index in [1.54, 1.807) is 0 Å². The lowest BCUT2D eigenvalue weighted by Gasteiger charge is -2.36. The van der Waals surface area contributed by atoms with Crippen molar-refractivity contribution in [1.82, 2.24) is 0 Å². The molecule has 0 saturated carbocycles. The van der Waals surface area contributed by atoms with E-state index in [0.29, 0.717) is 76.5 Å². The van der Waals surface area contributed by atoms with Crippen LogP contribution in [0.3, 0.4) is 0 Å². The lowest BCUT2D eigenvalue weighted by atomic mass is 9.60. The average molecular weight is 803 g/mol. The summed E-state index contributed by atoms with van der Waals surface area (Å²) in [7, 11) is -0.718. The molecule has 314 valence electrons. The number of ether oxygens (including phenoxy) is 4. The second-order valence-corrected chi connectivity index (χ2v) is 17.8. The Morgan fingerprint density at radius 1 is 0.576 bits per heavy atom. The first kappa shape index (κ1) is 42.0. The third-order valence-corrected chi connectivity index (χ3v) is 13.5. The lowest BCUT2D eigenvalue weighted by molar-refractivity contribution is 0.217. The molecule has 3 aromatic rings. The van der Waals surface area contributed by atoms with Crippen molar-refractivity contribution >= 4 is 25.3 Å².